The summed E-state index contributed by atoms with van der Waals surface area (Å²) in [5, 5.41) is 0. The van der Waals surface area contributed by atoms with Crippen LogP contribution in [0.1, 0.15) is 46.7 Å². The van der Waals surface area contributed by atoms with Crippen LogP contribution in [0.5, 0.6) is 0 Å². The molecule has 0 saturated carbocycles. The van der Waals surface area contributed by atoms with Gasteiger partial charge in [0.2, 0.25) is 0 Å². The van der Waals surface area contributed by atoms with Crippen molar-refractivity contribution in [3.63, 3.8) is 0 Å². The van der Waals surface area contributed by atoms with Crippen molar-refractivity contribution in [3.05, 3.63) is 16.0 Å². The van der Waals surface area contributed by atoms with Crippen LogP contribution >= 0.6 is 0 Å². The first-order chi connectivity index (χ1) is 7.34. The maximum absolute atomic E-state index is 12.0. The minimum Gasteiger partial charge on any atom is -0.393 e. The molecule has 0 aliphatic carbocycles. The van der Waals surface area contributed by atoms with Crippen molar-refractivity contribution in [2.75, 3.05) is 5.73 Å². The van der Waals surface area contributed by atoms with Crippen LogP contribution in [0.15, 0.2) is 4.79 Å². The third-order valence-electron chi connectivity index (χ3n) is 2.71. The maximum atomic E-state index is 12.0. The van der Waals surface area contributed by atoms with Crippen LogP contribution in [0.25, 0.3) is 0 Å². The van der Waals surface area contributed by atoms with Crippen molar-refractivity contribution in [2.45, 2.75) is 59.5 Å². The van der Waals surface area contributed by atoms with Crippen LogP contribution in [-0.2, 0) is 18.5 Å². The monoisotopic (exact) mass is 225 g/mol. The van der Waals surface area contributed by atoms with E-state index in [-0.39, 0.29) is 11.0 Å². The Bertz CT molecular complexity index is 421. The SMILES string of the molecule is CCCn1c(C(C)(C)C)c(N)c(=O)n1CC. The zero-order chi connectivity index (χ0) is 12.5. The fraction of sp³-hybridized carbons (Fsp3) is 0.750. The summed E-state index contributed by atoms with van der Waals surface area (Å²) in [5.41, 5.74) is 7.15. The van der Waals surface area contributed by atoms with Gasteiger partial charge in [0.25, 0.3) is 5.56 Å². The fourth-order valence-electron chi connectivity index (χ4n) is 2.16. The van der Waals surface area contributed by atoms with Gasteiger partial charge in [-0.2, -0.15) is 0 Å². The number of aromatic nitrogens is 2. The van der Waals surface area contributed by atoms with E-state index in [1.807, 2.05) is 11.6 Å². The Kier molecular flexibility index (Phi) is 3.51. The van der Waals surface area contributed by atoms with Gasteiger partial charge in [-0.15, -0.1) is 0 Å². The Labute approximate surface area is 97.0 Å². The second-order valence-electron chi connectivity index (χ2n) is 5.16. The standard InChI is InChI=1S/C12H23N3O/c1-6-8-15-10(12(3,4)5)9(13)11(16)14(15)7-2/h6-8,13H2,1-5H3. The van der Waals surface area contributed by atoms with E-state index in [4.69, 9.17) is 5.73 Å². The Balaban J connectivity index is 3.52. The van der Waals surface area contributed by atoms with Gasteiger partial charge in [0, 0.05) is 18.5 Å². The largest absolute Gasteiger partial charge is 0.393 e. The first kappa shape index (κ1) is 12.9. The molecular formula is C12H23N3O. The molecule has 16 heavy (non-hydrogen) atoms. The number of anilines is 1. The second kappa shape index (κ2) is 4.36. The normalized spacial score (nSPS) is 12.1. The molecule has 0 radical (unpaired) electrons. The van der Waals surface area contributed by atoms with E-state index in [2.05, 4.69) is 27.7 Å². The summed E-state index contributed by atoms with van der Waals surface area (Å²) in [7, 11) is 0. The fourth-order valence-corrected chi connectivity index (χ4v) is 2.16. The Morgan fingerprint density at radius 3 is 2.12 bits per heavy atom. The van der Waals surface area contributed by atoms with E-state index < -0.39 is 0 Å². The number of hydrogen-bond donors (Lipinski definition) is 1. The lowest BCUT2D eigenvalue weighted by Gasteiger charge is -2.23. The zero-order valence-corrected chi connectivity index (χ0v) is 11.0. The summed E-state index contributed by atoms with van der Waals surface area (Å²) >= 11 is 0. The molecule has 1 rings (SSSR count). The van der Waals surface area contributed by atoms with E-state index >= 15 is 0 Å². The summed E-state index contributed by atoms with van der Waals surface area (Å²) in [6.45, 7) is 11.8. The van der Waals surface area contributed by atoms with Crippen molar-refractivity contribution in [1.29, 1.82) is 0 Å². The molecule has 0 bridgehead atoms. The molecule has 1 aromatic rings. The molecule has 92 valence electrons. The van der Waals surface area contributed by atoms with Crippen LogP contribution in [0.4, 0.5) is 5.69 Å². The minimum atomic E-state index is -0.0984. The number of hydrogen-bond acceptors (Lipinski definition) is 2. The first-order valence-corrected chi connectivity index (χ1v) is 5.94. The molecule has 4 heteroatoms. The molecule has 0 amide bonds. The molecule has 2 N–H and O–H groups in total. The Morgan fingerprint density at radius 1 is 1.19 bits per heavy atom. The maximum Gasteiger partial charge on any atom is 0.290 e. The van der Waals surface area contributed by atoms with Crippen molar-refractivity contribution < 1.29 is 0 Å². The van der Waals surface area contributed by atoms with Crippen LogP contribution in [0, 0.1) is 0 Å². The minimum absolute atomic E-state index is 0.0547. The lowest BCUT2D eigenvalue weighted by atomic mass is 9.91. The number of nitrogens with two attached hydrogens (primary N) is 1. The zero-order valence-electron chi connectivity index (χ0n) is 11.0. The van der Waals surface area contributed by atoms with Crippen molar-refractivity contribution in [3.8, 4) is 0 Å². The van der Waals surface area contributed by atoms with E-state index in [1.165, 1.54) is 0 Å². The molecule has 0 saturated heterocycles. The van der Waals surface area contributed by atoms with Gasteiger partial charge in [-0.25, -0.2) is 4.68 Å². The Hall–Kier alpha value is -1.19. The summed E-state index contributed by atoms with van der Waals surface area (Å²) in [6, 6.07) is 0. The van der Waals surface area contributed by atoms with E-state index in [0.717, 1.165) is 18.7 Å². The van der Waals surface area contributed by atoms with Gasteiger partial charge in [0.15, 0.2) is 0 Å². The van der Waals surface area contributed by atoms with Gasteiger partial charge in [0.05, 0.1) is 5.69 Å². The highest BCUT2D eigenvalue weighted by Gasteiger charge is 2.26. The predicted octanol–water partition coefficient (Wildman–Crippen LogP) is 1.96. The highest BCUT2D eigenvalue weighted by atomic mass is 16.1. The molecule has 0 unspecified atom stereocenters. The summed E-state index contributed by atoms with van der Waals surface area (Å²) in [6.07, 6.45) is 0.997. The van der Waals surface area contributed by atoms with Crippen LogP contribution in [-0.4, -0.2) is 9.36 Å². The van der Waals surface area contributed by atoms with Crippen molar-refractivity contribution in [2.24, 2.45) is 0 Å². The lowest BCUT2D eigenvalue weighted by Crippen LogP contribution is -2.25. The van der Waals surface area contributed by atoms with Crippen molar-refractivity contribution in [1.82, 2.24) is 9.36 Å². The summed E-state index contributed by atoms with van der Waals surface area (Å²) < 4.78 is 3.77. The number of nitrogen functional groups attached to an aromatic ring is 1. The van der Waals surface area contributed by atoms with Crippen LogP contribution in [0.3, 0.4) is 0 Å². The number of nitrogens with zero attached hydrogens (tertiary/aromatic N) is 2. The lowest BCUT2D eigenvalue weighted by molar-refractivity contribution is 0.405. The molecule has 0 atom stereocenters. The molecule has 0 spiro atoms. The highest BCUT2D eigenvalue weighted by molar-refractivity contribution is 5.45. The smallest absolute Gasteiger partial charge is 0.290 e. The first-order valence-electron chi connectivity index (χ1n) is 5.94. The van der Waals surface area contributed by atoms with Gasteiger partial charge in [-0.1, -0.05) is 27.7 Å². The molecule has 0 aliphatic heterocycles. The molecule has 0 aliphatic rings. The molecule has 0 aromatic carbocycles. The average Bonchev–Trinajstić information content (AvgIpc) is 2.39. The van der Waals surface area contributed by atoms with Gasteiger partial charge in [-0.3, -0.25) is 9.48 Å². The predicted molar refractivity (Wildman–Crippen MR) is 67.8 cm³/mol. The van der Waals surface area contributed by atoms with Crippen molar-refractivity contribution >= 4 is 5.69 Å². The topological polar surface area (TPSA) is 52.9 Å². The van der Waals surface area contributed by atoms with E-state index in [1.54, 1.807) is 4.68 Å². The summed E-state index contributed by atoms with van der Waals surface area (Å²) in [4.78, 5) is 12.0. The van der Waals surface area contributed by atoms with Crippen LogP contribution in [0.2, 0.25) is 0 Å². The van der Waals surface area contributed by atoms with Gasteiger partial charge in [-0.05, 0) is 13.3 Å². The molecule has 4 nitrogen and oxygen atoms in total. The summed E-state index contributed by atoms with van der Waals surface area (Å²) in [5.74, 6) is 0. The van der Waals surface area contributed by atoms with Gasteiger partial charge < -0.3 is 5.73 Å². The van der Waals surface area contributed by atoms with E-state index in [9.17, 15) is 4.79 Å². The van der Waals surface area contributed by atoms with Gasteiger partial charge >= 0.3 is 0 Å². The average molecular weight is 225 g/mol. The molecular weight excluding hydrogens is 202 g/mol. The molecule has 0 fully saturated rings. The highest BCUT2D eigenvalue weighted by Crippen LogP contribution is 2.26. The quantitative estimate of drug-likeness (QED) is 0.855. The van der Waals surface area contributed by atoms with Gasteiger partial charge in [0.1, 0.15) is 5.69 Å². The Morgan fingerprint density at radius 2 is 1.75 bits per heavy atom. The molecule has 1 aromatic heterocycles. The molecule has 1 heterocycles. The number of rotatable bonds is 3. The third-order valence-corrected chi connectivity index (χ3v) is 2.71. The van der Waals surface area contributed by atoms with Crippen LogP contribution < -0.4 is 11.3 Å². The van der Waals surface area contributed by atoms with E-state index in [0.29, 0.717) is 12.2 Å². The second-order valence-corrected chi connectivity index (χ2v) is 5.16. The third kappa shape index (κ3) is 2.01.